The van der Waals surface area contributed by atoms with E-state index in [4.69, 9.17) is 9.47 Å². The number of nitrogens with one attached hydrogen (secondary N) is 1. The zero-order valence-electron chi connectivity index (χ0n) is 11.8. The monoisotopic (exact) mass is 288 g/mol. The first-order valence-electron chi connectivity index (χ1n) is 6.31. The van der Waals surface area contributed by atoms with Crippen LogP contribution in [0.5, 0.6) is 17.2 Å². The molecule has 0 bridgehead atoms. The molecule has 2 rings (SSSR count). The Labute approximate surface area is 122 Å². The largest absolute Gasteiger partial charge is 0.504 e. The number of nitrogens with zero attached hydrogens (tertiary/aromatic N) is 1. The van der Waals surface area contributed by atoms with Crippen LogP contribution in [0.15, 0.2) is 36.5 Å². The van der Waals surface area contributed by atoms with E-state index in [0.717, 1.165) is 5.56 Å². The highest BCUT2D eigenvalue weighted by atomic mass is 16.5. The maximum atomic E-state index is 11.8. The van der Waals surface area contributed by atoms with Crippen molar-refractivity contribution in [2.24, 2.45) is 0 Å². The fourth-order valence-electron chi connectivity index (χ4n) is 1.70. The minimum atomic E-state index is -0.424. The molecule has 2 N–H and O–H groups in total. The molecule has 0 radical (unpaired) electrons. The third kappa shape index (κ3) is 3.85. The van der Waals surface area contributed by atoms with E-state index < -0.39 is 5.91 Å². The molecule has 1 heterocycles. The van der Waals surface area contributed by atoms with Crippen molar-refractivity contribution in [1.82, 2.24) is 4.98 Å². The first kappa shape index (κ1) is 14.6. The Kier molecular flexibility index (Phi) is 4.61. The summed E-state index contributed by atoms with van der Waals surface area (Å²) in [6.07, 6.45) is 1.47. The highest BCUT2D eigenvalue weighted by Crippen LogP contribution is 2.27. The number of anilines is 1. The molecule has 6 heteroatoms. The lowest BCUT2D eigenvalue weighted by molar-refractivity contribution is -0.118. The second-order valence-corrected chi connectivity index (χ2v) is 4.36. The Balaban J connectivity index is 1.97. The van der Waals surface area contributed by atoms with Crippen molar-refractivity contribution < 1.29 is 19.4 Å². The molecule has 0 saturated carbocycles. The second-order valence-electron chi connectivity index (χ2n) is 4.36. The Bertz CT molecular complexity index is 643. The van der Waals surface area contributed by atoms with E-state index in [2.05, 4.69) is 10.3 Å². The van der Waals surface area contributed by atoms with Crippen LogP contribution in [0.1, 0.15) is 5.56 Å². The van der Waals surface area contributed by atoms with Gasteiger partial charge < -0.3 is 19.9 Å². The number of benzene rings is 1. The number of aryl methyl sites for hydroxylation is 1. The molecule has 0 aliphatic rings. The van der Waals surface area contributed by atoms with E-state index in [1.54, 1.807) is 12.1 Å². The van der Waals surface area contributed by atoms with E-state index in [1.165, 1.54) is 19.4 Å². The van der Waals surface area contributed by atoms with Gasteiger partial charge in [0, 0.05) is 6.20 Å². The molecule has 2 aromatic rings. The number of aromatic nitrogens is 1. The van der Waals surface area contributed by atoms with Gasteiger partial charge >= 0.3 is 0 Å². The van der Waals surface area contributed by atoms with Crippen molar-refractivity contribution in [3.8, 4) is 17.2 Å². The van der Waals surface area contributed by atoms with Crippen LogP contribution in [-0.4, -0.2) is 29.7 Å². The fourth-order valence-corrected chi connectivity index (χ4v) is 1.70. The van der Waals surface area contributed by atoms with Crippen molar-refractivity contribution in [3.63, 3.8) is 0 Å². The average Bonchev–Trinajstić information content (AvgIpc) is 2.48. The van der Waals surface area contributed by atoms with Crippen LogP contribution in [0.3, 0.4) is 0 Å². The summed E-state index contributed by atoms with van der Waals surface area (Å²) in [5, 5.41) is 12.0. The maximum absolute atomic E-state index is 11.8. The van der Waals surface area contributed by atoms with Gasteiger partial charge in [0.25, 0.3) is 5.91 Å². The zero-order chi connectivity index (χ0) is 15.2. The topological polar surface area (TPSA) is 80.7 Å². The van der Waals surface area contributed by atoms with Gasteiger partial charge in [0.05, 0.1) is 7.11 Å². The number of aromatic hydroxyl groups is 1. The summed E-state index contributed by atoms with van der Waals surface area (Å²) in [4.78, 5) is 15.6. The molecule has 0 aliphatic heterocycles. The second kappa shape index (κ2) is 6.60. The molecular formula is C15H16N2O4. The highest BCUT2D eigenvalue weighted by molar-refractivity contribution is 5.92. The van der Waals surface area contributed by atoms with E-state index in [0.29, 0.717) is 11.5 Å². The van der Waals surface area contributed by atoms with E-state index in [-0.39, 0.29) is 18.2 Å². The predicted molar refractivity (Wildman–Crippen MR) is 77.8 cm³/mol. The summed E-state index contributed by atoms with van der Waals surface area (Å²) < 4.78 is 10.6. The van der Waals surface area contributed by atoms with Crippen LogP contribution < -0.4 is 14.8 Å². The van der Waals surface area contributed by atoms with Gasteiger partial charge in [-0.25, -0.2) is 4.98 Å². The van der Waals surface area contributed by atoms with E-state index in [9.17, 15) is 9.90 Å². The molecule has 0 fully saturated rings. The van der Waals surface area contributed by atoms with Gasteiger partial charge in [-0.05, 0) is 36.8 Å². The maximum Gasteiger partial charge on any atom is 0.263 e. The molecule has 1 aromatic heterocycles. The summed E-state index contributed by atoms with van der Waals surface area (Å²) in [7, 11) is 1.54. The average molecular weight is 288 g/mol. The Morgan fingerprint density at radius 3 is 2.86 bits per heavy atom. The van der Waals surface area contributed by atoms with Gasteiger partial charge in [-0.2, -0.15) is 0 Å². The molecule has 0 atom stereocenters. The Hall–Kier alpha value is -2.76. The van der Waals surface area contributed by atoms with Crippen LogP contribution in [0.2, 0.25) is 0 Å². The first-order chi connectivity index (χ1) is 10.1. The molecule has 0 unspecified atom stereocenters. The van der Waals surface area contributed by atoms with Crippen LogP contribution in [0.4, 0.5) is 5.82 Å². The quantitative estimate of drug-likeness (QED) is 0.881. The first-order valence-corrected chi connectivity index (χ1v) is 6.31. The smallest absolute Gasteiger partial charge is 0.263 e. The van der Waals surface area contributed by atoms with Crippen LogP contribution >= 0.6 is 0 Å². The standard InChI is InChI=1S/C15H16N2O4/c1-10-5-6-12(13(8-10)20-2)21-9-14(19)17-15-11(18)4-3-7-16-15/h3-8,18H,9H2,1-2H3,(H,16,17,19). The van der Waals surface area contributed by atoms with E-state index in [1.807, 2.05) is 19.1 Å². The number of methoxy groups -OCH3 is 1. The third-order valence-electron chi connectivity index (χ3n) is 2.72. The van der Waals surface area contributed by atoms with Crippen molar-refractivity contribution in [2.75, 3.05) is 19.0 Å². The molecule has 0 saturated heterocycles. The Morgan fingerprint density at radius 1 is 1.33 bits per heavy atom. The fraction of sp³-hybridized carbons (Fsp3) is 0.200. The third-order valence-corrected chi connectivity index (χ3v) is 2.72. The van der Waals surface area contributed by atoms with Gasteiger partial charge in [-0.3, -0.25) is 4.79 Å². The van der Waals surface area contributed by atoms with Crippen molar-refractivity contribution in [3.05, 3.63) is 42.1 Å². The van der Waals surface area contributed by atoms with Gasteiger partial charge in [0.1, 0.15) is 0 Å². The number of rotatable bonds is 5. The normalized spacial score (nSPS) is 10.0. The van der Waals surface area contributed by atoms with E-state index >= 15 is 0 Å². The molecule has 0 aliphatic carbocycles. The summed E-state index contributed by atoms with van der Waals surface area (Å²) in [5.74, 6) is 0.611. The zero-order valence-corrected chi connectivity index (χ0v) is 11.8. The van der Waals surface area contributed by atoms with Crippen molar-refractivity contribution in [2.45, 2.75) is 6.92 Å². The van der Waals surface area contributed by atoms with Crippen LogP contribution in [0.25, 0.3) is 0 Å². The Morgan fingerprint density at radius 2 is 2.14 bits per heavy atom. The van der Waals surface area contributed by atoms with Gasteiger partial charge in [0.15, 0.2) is 29.7 Å². The summed E-state index contributed by atoms with van der Waals surface area (Å²) in [5.41, 5.74) is 1.03. The van der Waals surface area contributed by atoms with Gasteiger partial charge in [0.2, 0.25) is 0 Å². The summed E-state index contributed by atoms with van der Waals surface area (Å²) in [6.45, 7) is 1.72. The lowest BCUT2D eigenvalue weighted by atomic mass is 10.2. The minimum absolute atomic E-state index is 0.0984. The highest BCUT2D eigenvalue weighted by Gasteiger charge is 2.10. The number of carbonyl (C=O) groups excluding carboxylic acids is 1. The minimum Gasteiger partial charge on any atom is -0.504 e. The lowest BCUT2D eigenvalue weighted by Gasteiger charge is -2.11. The molecular weight excluding hydrogens is 272 g/mol. The van der Waals surface area contributed by atoms with Gasteiger partial charge in [-0.1, -0.05) is 6.07 Å². The van der Waals surface area contributed by atoms with Crippen LogP contribution in [0, 0.1) is 6.92 Å². The van der Waals surface area contributed by atoms with Gasteiger partial charge in [-0.15, -0.1) is 0 Å². The van der Waals surface area contributed by atoms with Crippen molar-refractivity contribution >= 4 is 11.7 Å². The number of hydrogen-bond acceptors (Lipinski definition) is 5. The molecule has 1 amide bonds. The number of hydrogen-bond donors (Lipinski definition) is 2. The van der Waals surface area contributed by atoms with Crippen molar-refractivity contribution in [1.29, 1.82) is 0 Å². The molecule has 0 spiro atoms. The number of carbonyl (C=O) groups is 1. The molecule has 1 aromatic carbocycles. The molecule has 21 heavy (non-hydrogen) atoms. The number of amides is 1. The summed E-state index contributed by atoms with van der Waals surface area (Å²) in [6, 6.07) is 8.42. The lowest BCUT2D eigenvalue weighted by Crippen LogP contribution is -2.21. The molecule has 6 nitrogen and oxygen atoms in total. The number of ether oxygens (including phenoxy) is 2. The SMILES string of the molecule is COc1cc(C)ccc1OCC(=O)Nc1ncccc1O. The number of pyridine rings is 1. The summed E-state index contributed by atoms with van der Waals surface area (Å²) >= 11 is 0. The predicted octanol–water partition coefficient (Wildman–Crippen LogP) is 2.12. The van der Waals surface area contributed by atoms with Crippen LogP contribution in [-0.2, 0) is 4.79 Å². The molecule has 110 valence electrons.